The van der Waals surface area contributed by atoms with Crippen LogP contribution in [0.1, 0.15) is 24.1 Å². The summed E-state index contributed by atoms with van der Waals surface area (Å²) in [6.45, 7) is 0.626. The third-order valence-electron chi connectivity index (χ3n) is 4.59. The van der Waals surface area contributed by atoms with Crippen LogP contribution in [0.15, 0.2) is 24.4 Å². The molecule has 1 aromatic carbocycles. The number of aliphatic hydroxyl groups is 1. The summed E-state index contributed by atoms with van der Waals surface area (Å²) in [4.78, 5) is 0. The van der Waals surface area contributed by atoms with Crippen molar-refractivity contribution < 1.29 is 23.7 Å². The van der Waals surface area contributed by atoms with Crippen LogP contribution < -0.4 is 4.74 Å². The molecule has 0 amide bonds. The van der Waals surface area contributed by atoms with E-state index in [0.29, 0.717) is 36.5 Å². The van der Waals surface area contributed by atoms with Crippen LogP contribution in [0.2, 0.25) is 0 Å². The first-order valence-electron chi connectivity index (χ1n) is 7.81. The molecule has 0 radical (unpaired) electrons. The van der Waals surface area contributed by atoms with Gasteiger partial charge in [0.25, 0.3) is 0 Å². The Morgan fingerprint density at radius 3 is 3.21 bits per heavy atom. The Morgan fingerprint density at radius 2 is 2.38 bits per heavy atom. The van der Waals surface area contributed by atoms with E-state index in [-0.39, 0.29) is 18.5 Å². The first kappa shape index (κ1) is 15.5. The van der Waals surface area contributed by atoms with E-state index in [9.17, 15) is 9.50 Å². The molecule has 24 heavy (non-hydrogen) atoms. The minimum absolute atomic E-state index is 0.0352. The summed E-state index contributed by atoms with van der Waals surface area (Å²) in [6.07, 6.45) is 2.08. The molecule has 1 aromatic heterocycles. The second-order valence-electron chi connectivity index (χ2n) is 6.11. The Kier molecular flexibility index (Phi) is 3.75. The zero-order valence-electron chi connectivity index (χ0n) is 13.2. The number of rotatable bonds is 4. The minimum atomic E-state index is -1.33. The van der Waals surface area contributed by atoms with Crippen LogP contribution in [-0.4, -0.2) is 46.2 Å². The third kappa shape index (κ3) is 2.47. The smallest absolute Gasteiger partial charge is 0.192 e. The molecule has 4 rings (SSSR count). The Morgan fingerprint density at radius 1 is 1.50 bits per heavy atom. The Hall–Kier alpha value is -2.03. The predicted molar refractivity (Wildman–Crippen MR) is 79.8 cm³/mol. The number of ether oxygens (including phenoxy) is 3. The van der Waals surface area contributed by atoms with Crippen molar-refractivity contribution in [3.05, 3.63) is 41.5 Å². The van der Waals surface area contributed by atoms with E-state index in [1.807, 2.05) is 0 Å². The molecule has 128 valence electrons. The SMILES string of the molecule is COc1cccc(F)c1Cn1cc(C2(O)CC[C@H]3CO[C@@H]2O3)nn1. The fourth-order valence-electron chi connectivity index (χ4n) is 3.22. The molecule has 8 heteroatoms. The van der Waals surface area contributed by atoms with Gasteiger partial charge in [0.05, 0.1) is 38.1 Å². The van der Waals surface area contributed by atoms with Crippen molar-refractivity contribution in [1.82, 2.24) is 15.0 Å². The molecule has 2 aliphatic rings. The number of halogens is 1. The van der Waals surface area contributed by atoms with E-state index in [1.165, 1.54) is 17.9 Å². The second-order valence-corrected chi connectivity index (χ2v) is 6.11. The molecular weight excluding hydrogens is 317 g/mol. The summed E-state index contributed by atoms with van der Waals surface area (Å²) in [5, 5.41) is 19.0. The molecule has 7 nitrogen and oxygen atoms in total. The molecule has 3 heterocycles. The molecule has 0 saturated carbocycles. The summed E-state index contributed by atoms with van der Waals surface area (Å²) in [6, 6.07) is 4.64. The first-order chi connectivity index (χ1) is 11.6. The van der Waals surface area contributed by atoms with Crippen molar-refractivity contribution in [2.75, 3.05) is 13.7 Å². The van der Waals surface area contributed by atoms with Gasteiger partial charge >= 0.3 is 0 Å². The highest BCUT2D eigenvalue weighted by Crippen LogP contribution is 2.40. The molecule has 3 atom stereocenters. The van der Waals surface area contributed by atoms with Crippen LogP contribution in [-0.2, 0) is 21.6 Å². The molecule has 0 aliphatic carbocycles. The van der Waals surface area contributed by atoms with Crippen molar-refractivity contribution in [2.45, 2.75) is 37.4 Å². The monoisotopic (exact) mass is 335 g/mol. The fourth-order valence-corrected chi connectivity index (χ4v) is 3.22. The van der Waals surface area contributed by atoms with Gasteiger partial charge in [-0.25, -0.2) is 9.07 Å². The zero-order chi connectivity index (χ0) is 16.7. The van der Waals surface area contributed by atoms with E-state index < -0.39 is 11.9 Å². The molecule has 2 aliphatic heterocycles. The van der Waals surface area contributed by atoms with Gasteiger partial charge in [0.15, 0.2) is 11.9 Å². The number of aromatic nitrogens is 3. The molecule has 1 N–H and O–H groups in total. The van der Waals surface area contributed by atoms with Crippen LogP contribution in [0.4, 0.5) is 4.39 Å². The number of hydrogen-bond donors (Lipinski definition) is 1. The van der Waals surface area contributed by atoms with Gasteiger partial charge in [0.1, 0.15) is 17.3 Å². The highest BCUT2D eigenvalue weighted by Gasteiger charge is 2.51. The Balaban J connectivity index is 1.60. The fraction of sp³-hybridized carbons (Fsp3) is 0.500. The Bertz CT molecular complexity index is 753. The molecule has 1 unspecified atom stereocenters. The molecule has 2 aromatic rings. The molecule has 0 spiro atoms. The maximum atomic E-state index is 14.1. The maximum Gasteiger partial charge on any atom is 0.192 e. The van der Waals surface area contributed by atoms with Gasteiger partial charge in [-0.2, -0.15) is 0 Å². The topological polar surface area (TPSA) is 78.6 Å². The van der Waals surface area contributed by atoms with Crippen molar-refractivity contribution in [3.63, 3.8) is 0 Å². The average Bonchev–Trinajstić information content (AvgIpc) is 3.22. The minimum Gasteiger partial charge on any atom is -0.496 e. The van der Waals surface area contributed by atoms with Crippen molar-refractivity contribution in [1.29, 1.82) is 0 Å². The van der Waals surface area contributed by atoms with E-state index in [4.69, 9.17) is 14.2 Å². The quantitative estimate of drug-likeness (QED) is 0.904. The van der Waals surface area contributed by atoms with Gasteiger partial charge in [-0.05, 0) is 25.0 Å². The number of nitrogens with zero attached hydrogens (tertiary/aromatic N) is 3. The van der Waals surface area contributed by atoms with Gasteiger partial charge in [0, 0.05) is 0 Å². The highest BCUT2D eigenvalue weighted by atomic mass is 19.1. The van der Waals surface area contributed by atoms with Crippen LogP contribution in [0.3, 0.4) is 0 Å². The summed E-state index contributed by atoms with van der Waals surface area (Å²) in [5.74, 6) is 0.0572. The predicted octanol–water partition coefficient (Wildman–Crippen LogP) is 1.20. The third-order valence-corrected chi connectivity index (χ3v) is 4.59. The van der Waals surface area contributed by atoms with Crippen LogP contribution in [0.25, 0.3) is 0 Å². The van der Waals surface area contributed by atoms with Crippen LogP contribution in [0, 0.1) is 5.82 Å². The standard InChI is InChI=1S/C16H18FN3O4/c1-22-13-4-2-3-12(17)11(13)7-20-8-14(18-19-20)16(21)6-5-10-9-23-15(16)24-10/h2-4,8,10,15,21H,5-7,9H2,1H3/t10-,15+,16?/m0/s1. The summed E-state index contributed by atoms with van der Waals surface area (Å²) >= 11 is 0. The maximum absolute atomic E-state index is 14.1. The highest BCUT2D eigenvalue weighted by molar-refractivity contribution is 5.34. The van der Waals surface area contributed by atoms with Crippen LogP contribution >= 0.6 is 0 Å². The Labute approximate surface area is 137 Å². The largest absolute Gasteiger partial charge is 0.496 e. The van der Waals surface area contributed by atoms with E-state index in [1.54, 1.807) is 18.3 Å². The van der Waals surface area contributed by atoms with E-state index in [2.05, 4.69) is 10.3 Å². The summed E-state index contributed by atoms with van der Waals surface area (Å²) in [7, 11) is 1.49. The van der Waals surface area contributed by atoms with Crippen molar-refractivity contribution >= 4 is 0 Å². The second kappa shape index (κ2) is 5.80. The summed E-state index contributed by atoms with van der Waals surface area (Å²) in [5.41, 5.74) is -0.589. The molecular formula is C16H18FN3O4. The number of fused-ring (bicyclic) bond motifs is 2. The van der Waals surface area contributed by atoms with Gasteiger partial charge < -0.3 is 19.3 Å². The summed E-state index contributed by atoms with van der Waals surface area (Å²) < 4.78 is 31.8. The zero-order valence-corrected chi connectivity index (χ0v) is 13.2. The lowest BCUT2D eigenvalue weighted by Crippen LogP contribution is -2.44. The normalized spacial score (nSPS) is 29.0. The van der Waals surface area contributed by atoms with Crippen LogP contribution in [0.5, 0.6) is 5.75 Å². The van der Waals surface area contributed by atoms with E-state index >= 15 is 0 Å². The van der Waals surface area contributed by atoms with Gasteiger partial charge in [0.2, 0.25) is 0 Å². The van der Waals surface area contributed by atoms with Gasteiger partial charge in [-0.3, -0.25) is 0 Å². The molecule has 2 fully saturated rings. The first-order valence-corrected chi connectivity index (χ1v) is 7.81. The lowest BCUT2D eigenvalue weighted by atomic mass is 9.90. The number of methoxy groups -OCH3 is 1. The average molecular weight is 335 g/mol. The molecule has 2 bridgehead atoms. The van der Waals surface area contributed by atoms with E-state index in [0.717, 1.165) is 0 Å². The lowest BCUT2D eigenvalue weighted by Gasteiger charge is -2.34. The van der Waals surface area contributed by atoms with Crippen molar-refractivity contribution in [2.24, 2.45) is 0 Å². The lowest BCUT2D eigenvalue weighted by molar-refractivity contribution is -0.219. The number of benzene rings is 1. The number of hydrogen-bond acceptors (Lipinski definition) is 6. The van der Waals surface area contributed by atoms with Crippen molar-refractivity contribution in [3.8, 4) is 5.75 Å². The van der Waals surface area contributed by atoms with Gasteiger partial charge in [-0.1, -0.05) is 11.3 Å². The molecule has 2 saturated heterocycles. The van der Waals surface area contributed by atoms with Gasteiger partial charge in [-0.15, -0.1) is 5.10 Å².